The summed E-state index contributed by atoms with van der Waals surface area (Å²) in [5.41, 5.74) is 2.88. The number of benzene rings is 2. The molecule has 2 heterocycles. The third-order valence-electron chi connectivity index (χ3n) is 4.05. The summed E-state index contributed by atoms with van der Waals surface area (Å²) in [4.78, 5) is 11.4. The van der Waals surface area contributed by atoms with E-state index >= 15 is 0 Å². The number of aromatic amines is 1. The lowest BCUT2D eigenvalue weighted by Gasteiger charge is -2.07. The van der Waals surface area contributed by atoms with Crippen molar-refractivity contribution < 1.29 is 9.90 Å². The lowest BCUT2D eigenvalue weighted by atomic mass is 10.1. The number of fused-ring (bicyclic) bond motifs is 1. The van der Waals surface area contributed by atoms with Crippen LogP contribution < -0.4 is 0 Å². The first-order chi connectivity index (χ1) is 12.5. The number of thiophene rings is 1. The van der Waals surface area contributed by atoms with E-state index in [4.69, 9.17) is 23.8 Å². The lowest BCUT2D eigenvalue weighted by molar-refractivity contribution is 0.0702. The topological polar surface area (TPSA) is 70.9 Å². The molecule has 0 saturated heterocycles. The van der Waals surface area contributed by atoms with Gasteiger partial charge >= 0.3 is 5.97 Å². The molecule has 2 N–H and O–H groups in total. The Hall–Kier alpha value is -2.48. The highest BCUT2D eigenvalue weighted by molar-refractivity contribution is 7.71. The summed E-state index contributed by atoms with van der Waals surface area (Å²) in [6.45, 7) is 2.02. The van der Waals surface area contributed by atoms with Crippen LogP contribution >= 0.6 is 35.2 Å². The maximum Gasteiger partial charge on any atom is 0.347 e. The molecular weight excluding hydrogens is 390 g/mol. The fourth-order valence-electron chi connectivity index (χ4n) is 2.76. The minimum atomic E-state index is -1.03. The second kappa shape index (κ2) is 6.35. The van der Waals surface area contributed by atoms with Gasteiger partial charge in [0.25, 0.3) is 0 Å². The van der Waals surface area contributed by atoms with Gasteiger partial charge in [-0.15, -0.1) is 11.3 Å². The first-order valence-corrected chi connectivity index (χ1v) is 9.26. The number of aryl methyl sites for hydroxylation is 1. The number of halogens is 1. The van der Waals surface area contributed by atoms with E-state index in [0.717, 1.165) is 32.9 Å². The second-order valence-electron chi connectivity index (χ2n) is 5.78. The number of hydrogen-bond donors (Lipinski definition) is 2. The largest absolute Gasteiger partial charge is 0.477 e. The Kier molecular flexibility index (Phi) is 4.14. The van der Waals surface area contributed by atoms with Crippen LogP contribution in [-0.4, -0.2) is 25.8 Å². The van der Waals surface area contributed by atoms with Crippen molar-refractivity contribution in [2.75, 3.05) is 0 Å². The molecule has 2 aromatic carbocycles. The van der Waals surface area contributed by atoms with Crippen molar-refractivity contribution in [1.82, 2.24) is 14.8 Å². The minimum absolute atomic E-state index is 0.133. The second-order valence-corrected chi connectivity index (χ2v) is 7.60. The van der Waals surface area contributed by atoms with Crippen molar-refractivity contribution in [3.8, 4) is 17.1 Å². The molecule has 0 unspecified atom stereocenters. The minimum Gasteiger partial charge on any atom is -0.477 e. The van der Waals surface area contributed by atoms with Crippen LogP contribution in [-0.2, 0) is 0 Å². The number of hydrogen-bond acceptors (Lipinski definition) is 4. The molecule has 0 amide bonds. The van der Waals surface area contributed by atoms with Gasteiger partial charge in [-0.05, 0) is 37.3 Å². The third kappa shape index (κ3) is 2.74. The summed E-state index contributed by atoms with van der Waals surface area (Å²) in [5.74, 6) is -0.339. The molecule has 0 aliphatic carbocycles. The Morgan fingerprint density at radius 2 is 2.00 bits per heavy atom. The number of rotatable bonds is 3. The summed E-state index contributed by atoms with van der Waals surface area (Å²) >= 11 is 12.7. The van der Waals surface area contributed by atoms with E-state index in [1.54, 1.807) is 0 Å². The SMILES string of the molecule is Cc1ccc(-c2n[nH]c(=S)n2-c2ccc3c(Cl)c(C(=O)O)sc3c2)cc1. The number of nitrogens with zero attached hydrogens (tertiary/aromatic N) is 2. The molecule has 0 aliphatic heterocycles. The van der Waals surface area contributed by atoms with Gasteiger partial charge in [0, 0.05) is 15.6 Å². The Bertz CT molecular complexity index is 1210. The van der Waals surface area contributed by atoms with Crippen molar-refractivity contribution in [2.24, 2.45) is 0 Å². The van der Waals surface area contributed by atoms with E-state index in [0.29, 0.717) is 16.0 Å². The maximum atomic E-state index is 11.3. The molecule has 0 spiro atoms. The molecule has 130 valence electrons. The molecule has 2 aromatic heterocycles. The molecule has 8 heteroatoms. The predicted molar refractivity (Wildman–Crippen MR) is 106 cm³/mol. The standard InChI is InChI=1S/C18H12ClN3O2S2/c1-9-2-4-10(5-3-9)16-20-21-18(25)22(16)11-6-7-12-13(8-11)26-15(14(12)19)17(23)24/h2-8H,1H3,(H,21,25)(H,23,24). The van der Waals surface area contributed by atoms with Crippen molar-refractivity contribution in [1.29, 1.82) is 0 Å². The number of H-pyrrole nitrogens is 1. The summed E-state index contributed by atoms with van der Waals surface area (Å²) in [7, 11) is 0. The van der Waals surface area contributed by atoms with Gasteiger partial charge in [-0.1, -0.05) is 41.4 Å². The molecule has 0 bridgehead atoms. The van der Waals surface area contributed by atoms with Crippen LogP contribution in [0, 0.1) is 11.7 Å². The van der Waals surface area contributed by atoms with E-state index in [1.165, 1.54) is 0 Å². The van der Waals surface area contributed by atoms with Crippen LogP contribution in [0.4, 0.5) is 0 Å². The molecule has 4 rings (SSSR count). The highest BCUT2D eigenvalue weighted by atomic mass is 35.5. The number of aromatic nitrogens is 3. The summed E-state index contributed by atoms with van der Waals surface area (Å²) in [6.07, 6.45) is 0. The quantitative estimate of drug-likeness (QED) is 0.446. The molecule has 0 atom stereocenters. The smallest absolute Gasteiger partial charge is 0.347 e. The average Bonchev–Trinajstić information content (AvgIpc) is 3.16. The molecule has 4 aromatic rings. The normalized spacial score (nSPS) is 11.2. The summed E-state index contributed by atoms with van der Waals surface area (Å²) < 4.78 is 3.07. The number of nitrogens with one attached hydrogen (secondary N) is 1. The highest BCUT2D eigenvalue weighted by Gasteiger charge is 2.18. The zero-order valence-electron chi connectivity index (χ0n) is 13.5. The molecule has 26 heavy (non-hydrogen) atoms. The Morgan fingerprint density at radius 1 is 1.27 bits per heavy atom. The number of carboxylic acid groups (broad SMARTS) is 1. The van der Waals surface area contributed by atoms with Crippen molar-refractivity contribution in [2.45, 2.75) is 6.92 Å². The van der Waals surface area contributed by atoms with Gasteiger partial charge in [0.2, 0.25) is 0 Å². The molecule has 0 aliphatic rings. The van der Waals surface area contributed by atoms with Crippen LogP contribution in [0.5, 0.6) is 0 Å². The number of carboxylic acids is 1. The van der Waals surface area contributed by atoms with Crippen molar-refractivity contribution in [3.63, 3.8) is 0 Å². The Balaban J connectivity index is 1.91. The molecule has 5 nitrogen and oxygen atoms in total. The van der Waals surface area contributed by atoms with Crippen molar-refractivity contribution >= 4 is 51.2 Å². The van der Waals surface area contributed by atoms with Crippen molar-refractivity contribution in [3.05, 3.63) is 62.7 Å². The van der Waals surface area contributed by atoms with Gasteiger partial charge in [-0.25, -0.2) is 4.79 Å². The Morgan fingerprint density at radius 3 is 2.69 bits per heavy atom. The predicted octanol–water partition coefficient (Wildman–Crippen LogP) is 5.47. The zero-order chi connectivity index (χ0) is 18.4. The van der Waals surface area contributed by atoms with Gasteiger partial charge in [-0.2, -0.15) is 5.10 Å². The molecule has 0 fully saturated rings. The van der Waals surface area contributed by atoms with Crippen LogP contribution in [0.15, 0.2) is 42.5 Å². The van der Waals surface area contributed by atoms with Gasteiger partial charge in [0.15, 0.2) is 10.6 Å². The van der Waals surface area contributed by atoms with E-state index in [-0.39, 0.29) is 9.90 Å². The average molecular weight is 402 g/mol. The fraction of sp³-hybridized carbons (Fsp3) is 0.0556. The fourth-order valence-corrected chi connectivity index (χ4v) is 4.38. The molecule has 0 saturated carbocycles. The molecule has 0 radical (unpaired) electrons. The van der Waals surface area contributed by atoms with E-state index in [1.807, 2.05) is 54.0 Å². The highest BCUT2D eigenvalue weighted by Crippen LogP contribution is 2.37. The van der Waals surface area contributed by atoms with Crippen LogP contribution in [0.3, 0.4) is 0 Å². The summed E-state index contributed by atoms with van der Waals surface area (Å²) in [6, 6.07) is 13.5. The van der Waals surface area contributed by atoms with Gasteiger partial charge in [0.05, 0.1) is 10.7 Å². The number of aromatic carboxylic acids is 1. The summed E-state index contributed by atoms with van der Waals surface area (Å²) in [5, 5.41) is 17.4. The van der Waals surface area contributed by atoms with E-state index in [2.05, 4.69) is 10.2 Å². The monoisotopic (exact) mass is 401 g/mol. The first kappa shape index (κ1) is 17.0. The van der Waals surface area contributed by atoms with Gasteiger partial charge in [0.1, 0.15) is 4.88 Å². The lowest BCUT2D eigenvalue weighted by Crippen LogP contribution is -1.97. The van der Waals surface area contributed by atoms with E-state index in [9.17, 15) is 9.90 Å². The van der Waals surface area contributed by atoms with Gasteiger partial charge in [-0.3, -0.25) is 9.67 Å². The van der Waals surface area contributed by atoms with Crippen LogP contribution in [0.2, 0.25) is 5.02 Å². The van der Waals surface area contributed by atoms with Crippen LogP contribution in [0.25, 0.3) is 27.2 Å². The Labute approximate surface area is 162 Å². The number of carbonyl (C=O) groups is 1. The maximum absolute atomic E-state index is 11.3. The van der Waals surface area contributed by atoms with Gasteiger partial charge < -0.3 is 5.11 Å². The third-order valence-corrected chi connectivity index (χ3v) is 5.97. The van der Waals surface area contributed by atoms with E-state index < -0.39 is 5.97 Å². The zero-order valence-corrected chi connectivity index (χ0v) is 15.9. The first-order valence-electron chi connectivity index (χ1n) is 7.66. The van der Waals surface area contributed by atoms with Crippen LogP contribution in [0.1, 0.15) is 15.2 Å². The molecular formula is C18H12ClN3O2S2.